The number of nitrogens with one attached hydrogen (secondary N) is 1. The third-order valence-electron chi connectivity index (χ3n) is 4.46. The van der Waals surface area contributed by atoms with Gasteiger partial charge in [-0.2, -0.15) is 0 Å². The summed E-state index contributed by atoms with van der Waals surface area (Å²) in [7, 11) is 0. The zero-order valence-corrected chi connectivity index (χ0v) is 11.8. The summed E-state index contributed by atoms with van der Waals surface area (Å²) >= 11 is 1.70. The molecule has 0 aromatic carbocycles. The first-order chi connectivity index (χ1) is 8.82. The van der Waals surface area contributed by atoms with Gasteiger partial charge in [0.05, 0.1) is 0 Å². The van der Waals surface area contributed by atoms with Gasteiger partial charge in [-0.05, 0) is 37.5 Å². The molecule has 1 aromatic rings. The van der Waals surface area contributed by atoms with Gasteiger partial charge in [0.2, 0.25) is 5.13 Å². The topological polar surface area (TPSA) is 47.0 Å². The summed E-state index contributed by atoms with van der Waals surface area (Å²) in [6.07, 6.45) is 7.31. The minimum atomic E-state index is 0.455. The van der Waals surface area contributed by atoms with E-state index in [1.807, 2.05) is 0 Å². The van der Waals surface area contributed by atoms with Crippen molar-refractivity contribution in [2.24, 2.45) is 5.41 Å². The molecule has 100 valence electrons. The molecule has 4 nitrogen and oxygen atoms in total. The summed E-state index contributed by atoms with van der Waals surface area (Å²) in [5.41, 5.74) is 0.455. The third kappa shape index (κ3) is 2.26. The maximum atomic E-state index is 5.52. The molecule has 3 rings (SSSR count). The molecule has 1 saturated heterocycles. The van der Waals surface area contributed by atoms with Crippen molar-refractivity contribution in [1.29, 1.82) is 0 Å². The molecule has 18 heavy (non-hydrogen) atoms. The van der Waals surface area contributed by atoms with Crippen LogP contribution in [0.2, 0.25) is 0 Å². The SMILES string of the molecule is CCc1nnc(NC2CCCC23CCOCC3)s1. The zero-order chi connectivity index (χ0) is 12.4. The number of rotatable bonds is 3. The highest BCUT2D eigenvalue weighted by atomic mass is 32.1. The highest BCUT2D eigenvalue weighted by Crippen LogP contribution is 2.47. The third-order valence-corrected chi connectivity index (χ3v) is 5.46. The van der Waals surface area contributed by atoms with E-state index in [9.17, 15) is 0 Å². The second-order valence-corrected chi connectivity index (χ2v) is 6.48. The standard InChI is InChI=1S/C13H21N3OS/c1-2-11-15-16-12(18-11)14-10-4-3-5-13(10)6-8-17-9-7-13/h10H,2-9H2,1H3,(H,14,16). The summed E-state index contributed by atoms with van der Waals surface area (Å²) in [4.78, 5) is 0. The Hall–Kier alpha value is -0.680. The highest BCUT2D eigenvalue weighted by molar-refractivity contribution is 7.15. The number of anilines is 1. The highest BCUT2D eigenvalue weighted by Gasteiger charge is 2.44. The molecule has 1 unspecified atom stereocenters. The Morgan fingerprint density at radius 3 is 2.89 bits per heavy atom. The average Bonchev–Trinajstić information content (AvgIpc) is 3.00. The van der Waals surface area contributed by atoms with Gasteiger partial charge in [-0.15, -0.1) is 10.2 Å². The fourth-order valence-corrected chi connectivity index (χ4v) is 4.08. The fraction of sp³-hybridized carbons (Fsp3) is 0.846. The summed E-state index contributed by atoms with van der Waals surface area (Å²) < 4.78 is 5.52. The van der Waals surface area contributed by atoms with Gasteiger partial charge in [-0.25, -0.2) is 0 Å². The van der Waals surface area contributed by atoms with Gasteiger partial charge in [0.1, 0.15) is 5.01 Å². The van der Waals surface area contributed by atoms with E-state index in [1.54, 1.807) is 11.3 Å². The van der Waals surface area contributed by atoms with Gasteiger partial charge in [0, 0.05) is 19.3 Å². The number of aryl methyl sites for hydroxylation is 1. The molecule has 1 saturated carbocycles. The lowest BCUT2D eigenvalue weighted by atomic mass is 9.76. The van der Waals surface area contributed by atoms with Gasteiger partial charge in [-0.3, -0.25) is 0 Å². The predicted octanol–water partition coefficient (Wildman–Crippen LogP) is 2.86. The normalized spacial score (nSPS) is 26.6. The van der Waals surface area contributed by atoms with E-state index in [2.05, 4.69) is 22.4 Å². The smallest absolute Gasteiger partial charge is 0.205 e. The second kappa shape index (κ2) is 5.13. The summed E-state index contributed by atoms with van der Waals surface area (Å²) in [5, 5.41) is 14.2. The number of ether oxygens (including phenoxy) is 1. The summed E-state index contributed by atoms with van der Waals surface area (Å²) in [5.74, 6) is 0. The van der Waals surface area contributed by atoms with Crippen LogP contribution in [-0.2, 0) is 11.2 Å². The van der Waals surface area contributed by atoms with Crippen LogP contribution in [0.5, 0.6) is 0 Å². The molecule has 0 bridgehead atoms. The number of hydrogen-bond donors (Lipinski definition) is 1. The maximum Gasteiger partial charge on any atom is 0.205 e. The molecule has 0 radical (unpaired) electrons. The first kappa shape index (κ1) is 12.4. The van der Waals surface area contributed by atoms with Crippen LogP contribution in [-0.4, -0.2) is 29.5 Å². The van der Waals surface area contributed by atoms with Gasteiger partial charge in [0.25, 0.3) is 0 Å². The fourth-order valence-electron chi connectivity index (χ4n) is 3.34. The molecule has 5 heteroatoms. The summed E-state index contributed by atoms with van der Waals surface area (Å²) in [6.45, 7) is 3.98. The van der Waals surface area contributed by atoms with Gasteiger partial charge >= 0.3 is 0 Å². The molecule has 1 N–H and O–H groups in total. The Morgan fingerprint density at radius 2 is 2.17 bits per heavy atom. The van der Waals surface area contributed by atoms with Crippen LogP contribution in [0.4, 0.5) is 5.13 Å². The van der Waals surface area contributed by atoms with Gasteiger partial charge in [-0.1, -0.05) is 24.7 Å². The van der Waals surface area contributed by atoms with Crippen LogP contribution in [0.25, 0.3) is 0 Å². The molecular formula is C13H21N3OS. The van der Waals surface area contributed by atoms with E-state index in [4.69, 9.17) is 4.74 Å². The molecule has 1 atom stereocenters. The van der Waals surface area contributed by atoms with Crippen LogP contribution in [0.1, 0.15) is 44.0 Å². The quantitative estimate of drug-likeness (QED) is 0.915. The Labute approximate surface area is 112 Å². The van der Waals surface area contributed by atoms with Crippen molar-refractivity contribution in [3.05, 3.63) is 5.01 Å². The Kier molecular flexibility index (Phi) is 3.52. The van der Waals surface area contributed by atoms with Crippen molar-refractivity contribution in [3.63, 3.8) is 0 Å². The Balaban J connectivity index is 1.70. The van der Waals surface area contributed by atoms with E-state index >= 15 is 0 Å². The Bertz CT molecular complexity index is 401. The van der Waals surface area contributed by atoms with E-state index in [0.717, 1.165) is 29.8 Å². The monoisotopic (exact) mass is 267 g/mol. The van der Waals surface area contributed by atoms with Crippen molar-refractivity contribution < 1.29 is 4.74 Å². The van der Waals surface area contributed by atoms with E-state index in [0.29, 0.717) is 11.5 Å². The van der Waals surface area contributed by atoms with Crippen molar-refractivity contribution >= 4 is 16.5 Å². The van der Waals surface area contributed by atoms with Crippen LogP contribution >= 0.6 is 11.3 Å². The van der Waals surface area contributed by atoms with E-state index in [-0.39, 0.29) is 0 Å². The van der Waals surface area contributed by atoms with Crippen molar-refractivity contribution in [1.82, 2.24) is 10.2 Å². The second-order valence-electron chi connectivity index (χ2n) is 5.42. The molecule has 1 aliphatic heterocycles. The number of nitrogens with zero attached hydrogens (tertiary/aromatic N) is 2. The molecule has 0 amide bonds. The maximum absolute atomic E-state index is 5.52. The number of aromatic nitrogens is 2. The number of hydrogen-bond acceptors (Lipinski definition) is 5. The molecule has 1 aliphatic carbocycles. The predicted molar refractivity (Wildman–Crippen MR) is 73.0 cm³/mol. The van der Waals surface area contributed by atoms with E-state index < -0.39 is 0 Å². The lowest BCUT2D eigenvalue weighted by Gasteiger charge is -2.39. The largest absolute Gasteiger partial charge is 0.381 e. The molecular weight excluding hydrogens is 246 g/mol. The Morgan fingerprint density at radius 1 is 1.33 bits per heavy atom. The first-order valence-corrected chi connectivity index (χ1v) is 7.81. The van der Waals surface area contributed by atoms with Crippen molar-refractivity contribution in [2.75, 3.05) is 18.5 Å². The molecule has 2 heterocycles. The lowest BCUT2D eigenvalue weighted by Crippen LogP contribution is -2.40. The van der Waals surface area contributed by atoms with Crippen LogP contribution in [0.3, 0.4) is 0 Å². The zero-order valence-electron chi connectivity index (χ0n) is 10.9. The molecule has 2 fully saturated rings. The van der Waals surface area contributed by atoms with Crippen molar-refractivity contribution in [2.45, 2.75) is 51.5 Å². The lowest BCUT2D eigenvalue weighted by molar-refractivity contribution is 0.0134. The minimum absolute atomic E-state index is 0.455. The molecule has 1 spiro atoms. The van der Waals surface area contributed by atoms with Crippen molar-refractivity contribution in [3.8, 4) is 0 Å². The van der Waals surface area contributed by atoms with Gasteiger partial charge in [0.15, 0.2) is 0 Å². The average molecular weight is 267 g/mol. The van der Waals surface area contributed by atoms with Crippen LogP contribution in [0, 0.1) is 5.41 Å². The molecule has 1 aromatic heterocycles. The van der Waals surface area contributed by atoms with Crippen LogP contribution < -0.4 is 5.32 Å². The first-order valence-electron chi connectivity index (χ1n) is 6.99. The minimum Gasteiger partial charge on any atom is -0.381 e. The van der Waals surface area contributed by atoms with Gasteiger partial charge < -0.3 is 10.1 Å². The molecule has 2 aliphatic rings. The summed E-state index contributed by atoms with van der Waals surface area (Å²) in [6, 6.07) is 0.569. The van der Waals surface area contributed by atoms with Crippen LogP contribution in [0.15, 0.2) is 0 Å². The van der Waals surface area contributed by atoms with E-state index in [1.165, 1.54) is 32.1 Å².